The lowest BCUT2D eigenvalue weighted by atomic mass is 9.84. The van der Waals surface area contributed by atoms with Crippen LogP contribution in [-0.2, 0) is 67.3 Å². The summed E-state index contributed by atoms with van der Waals surface area (Å²) < 4.78 is 0. The number of aliphatic hydroxyl groups excluding tert-OH is 2. The molecule has 12 atom stereocenters. The Morgan fingerprint density at radius 2 is 1.21 bits per heavy atom. The molecular weight excluding hydrogens is 1220 g/mol. The van der Waals surface area contributed by atoms with Gasteiger partial charge < -0.3 is 101 Å². The summed E-state index contributed by atoms with van der Waals surface area (Å²) in [4.78, 5) is 161. The summed E-state index contributed by atoms with van der Waals surface area (Å²) in [6.07, 6.45) is 3.36. The van der Waals surface area contributed by atoms with Gasteiger partial charge in [0, 0.05) is 71.6 Å². The Labute approximate surface area is 545 Å². The number of benzene rings is 2. The normalized spacial score (nSPS) is 22.1. The highest BCUT2D eigenvalue weighted by atomic mass is 16.4. The molecule has 0 spiro atoms. The summed E-state index contributed by atoms with van der Waals surface area (Å²) >= 11 is 0. The van der Waals surface area contributed by atoms with Gasteiger partial charge in [-0.2, -0.15) is 0 Å². The van der Waals surface area contributed by atoms with Gasteiger partial charge >= 0.3 is 5.97 Å². The number of aliphatic imine (C=N–C) groups is 3. The first-order valence-corrected chi connectivity index (χ1v) is 32.1. The zero-order valence-electron chi connectivity index (χ0n) is 53.1. The van der Waals surface area contributed by atoms with Gasteiger partial charge in [-0.25, -0.2) is 4.79 Å². The van der Waals surface area contributed by atoms with E-state index in [4.69, 9.17) is 40.1 Å². The molecule has 0 aromatic heterocycles. The van der Waals surface area contributed by atoms with Crippen molar-refractivity contribution in [2.24, 2.45) is 61.0 Å². The summed E-state index contributed by atoms with van der Waals surface area (Å²) in [6.45, 7) is -1.41. The number of nitrogens with zero attached hydrogens (tertiary/aromatic N) is 8. The molecule has 0 radical (unpaired) electrons. The van der Waals surface area contributed by atoms with Gasteiger partial charge in [0.2, 0.25) is 53.2 Å². The maximum absolute atomic E-state index is 15.4. The van der Waals surface area contributed by atoms with Crippen LogP contribution in [0.2, 0.25) is 0 Å². The van der Waals surface area contributed by atoms with Crippen molar-refractivity contribution in [3.8, 4) is 0 Å². The lowest BCUT2D eigenvalue weighted by Gasteiger charge is -2.42. The topological polar surface area (TPSA) is 515 Å². The van der Waals surface area contributed by atoms with Crippen LogP contribution >= 0.6 is 0 Å². The van der Waals surface area contributed by atoms with Crippen molar-refractivity contribution in [1.82, 2.24) is 45.8 Å². The summed E-state index contributed by atoms with van der Waals surface area (Å²) in [7, 11) is 1.31. The number of guanidine groups is 3. The molecule has 2 aromatic rings. The second-order valence-electron chi connectivity index (χ2n) is 24.8. The molecule has 21 N–H and O–H groups in total. The molecule has 1 saturated carbocycles. The number of amides is 9. The lowest BCUT2D eigenvalue weighted by molar-refractivity contribution is -0.153. The van der Waals surface area contributed by atoms with Crippen molar-refractivity contribution in [1.29, 1.82) is 0 Å². The Morgan fingerprint density at radius 1 is 0.617 bits per heavy atom. The van der Waals surface area contributed by atoms with Gasteiger partial charge in [0.15, 0.2) is 17.9 Å². The average molecular weight is 1310 g/mol. The van der Waals surface area contributed by atoms with E-state index in [1.165, 1.54) is 26.6 Å². The molecule has 94 heavy (non-hydrogen) atoms. The van der Waals surface area contributed by atoms with E-state index in [9.17, 15) is 53.7 Å². The molecule has 514 valence electrons. The van der Waals surface area contributed by atoms with Crippen LogP contribution in [0.1, 0.15) is 107 Å². The van der Waals surface area contributed by atoms with Crippen molar-refractivity contribution in [3.05, 3.63) is 71.3 Å². The summed E-state index contributed by atoms with van der Waals surface area (Å²) in [6, 6.07) is 4.02. The Bertz CT molecular complexity index is 3120. The van der Waals surface area contributed by atoms with E-state index < -0.39 is 139 Å². The number of nitrogens with one attached hydrogen (secondary N) is 4. The van der Waals surface area contributed by atoms with Crippen LogP contribution in [0.25, 0.3) is 0 Å². The quantitative estimate of drug-likeness (QED) is 0.0198. The van der Waals surface area contributed by atoms with Crippen LogP contribution in [-0.4, -0.2) is 236 Å². The van der Waals surface area contributed by atoms with Gasteiger partial charge in [0.05, 0.1) is 25.3 Å². The molecular formula is C62H93N19O13. The molecule has 4 fully saturated rings. The highest BCUT2D eigenvalue weighted by Crippen LogP contribution is 2.41. The molecule has 7 rings (SSSR count). The molecule has 32 heteroatoms. The van der Waals surface area contributed by atoms with Crippen molar-refractivity contribution < 1.29 is 63.3 Å². The van der Waals surface area contributed by atoms with E-state index in [0.29, 0.717) is 30.4 Å². The molecule has 3 saturated heterocycles. The largest absolute Gasteiger partial charge is 0.480 e. The van der Waals surface area contributed by atoms with Crippen LogP contribution < -0.4 is 61.4 Å². The maximum atomic E-state index is 15.4. The summed E-state index contributed by atoms with van der Waals surface area (Å²) in [5.41, 5.74) is 40.9. The van der Waals surface area contributed by atoms with Crippen LogP contribution in [0.5, 0.6) is 0 Å². The molecule has 0 unspecified atom stereocenters. The van der Waals surface area contributed by atoms with E-state index in [1.54, 1.807) is 48.5 Å². The van der Waals surface area contributed by atoms with E-state index in [2.05, 4.69) is 36.2 Å². The highest BCUT2D eigenvalue weighted by molar-refractivity contribution is 5.99. The Kier molecular flexibility index (Phi) is 26.2. The number of hydrogen-bond acceptors (Lipinski definition) is 16. The first-order chi connectivity index (χ1) is 44.9. The third-order valence-corrected chi connectivity index (χ3v) is 18.0. The number of aliphatic hydroxyl groups is 2. The van der Waals surface area contributed by atoms with E-state index >= 15 is 9.59 Å². The number of nitrogens with two attached hydrogens (primary N) is 7. The Balaban J connectivity index is 1.05. The molecule has 5 aliphatic rings. The van der Waals surface area contributed by atoms with Gasteiger partial charge in [-0.15, -0.1) is 0 Å². The minimum atomic E-state index is -1.68. The number of carboxylic acid groups (broad SMARTS) is 1. The second kappa shape index (κ2) is 34.1. The fourth-order valence-electron chi connectivity index (χ4n) is 13.4. The number of fused-ring (bicyclic) bond motifs is 2. The van der Waals surface area contributed by atoms with Crippen LogP contribution in [0.15, 0.2) is 69.6 Å². The lowest BCUT2D eigenvalue weighted by Crippen LogP contribution is -2.63. The SMILES string of the molecule is CN(CC(=O)N[C@@H](Cc1ccccc1)C(=O)N[C@@H](CO)C(=O)N1Cc2ccccc2C[C@@H]1C(=O)N1[C@H](C(=O)N[C@@H](CCCN=C(N)N)C(=O)O)C[C@@H]2CCCC[C@@H]21)C(=O)[C@@H]1C[C@@H](O)CN1C(=O)[C@@H]1CCCN1C(=O)[C@H](CCCN=C(N)N)NC(=O)[C@H](N)CCCN=C(N)N. The number of aliphatic carboxylic acids is 1. The molecule has 4 heterocycles. The first-order valence-electron chi connectivity index (χ1n) is 32.1. The van der Waals surface area contributed by atoms with E-state index in [0.717, 1.165) is 29.7 Å². The second-order valence-corrected chi connectivity index (χ2v) is 24.8. The van der Waals surface area contributed by atoms with Gasteiger partial charge in [-0.1, -0.05) is 67.4 Å². The van der Waals surface area contributed by atoms with E-state index in [-0.39, 0.29) is 127 Å². The number of carbonyl (C=O) groups excluding carboxylic acids is 9. The third kappa shape index (κ3) is 19.2. The highest BCUT2D eigenvalue weighted by Gasteiger charge is 2.52. The third-order valence-electron chi connectivity index (χ3n) is 18.0. The number of hydrogen-bond donors (Lipinski definition) is 14. The number of rotatable bonds is 30. The molecule has 0 bridgehead atoms. The zero-order chi connectivity index (χ0) is 68.3. The smallest absolute Gasteiger partial charge is 0.326 e. The van der Waals surface area contributed by atoms with Crippen molar-refractivity contribution in [2.45, 2.75) is 176 Å². The number of likely N-dealkylation sites (tertiary alicyclic amines) is 3. The molecule has 1 aliphatic carbocycles. The number of β-amino-alcohol motifs (C(OH)–C–C–N with tert-alkyl or cyclic N) is 1. The fraction of sp³-hybridized carbons (Fsp3) is 0.597. The predicted octanol–water partition coefficient (Wildman–Crippen LogP) is -4.74. The number of likely N-dealkylation sites (N-methyl/N-ethyl adjacent to an activating group) is 1. The molecule has 2 aromatic carbocycles. The molecule has 32 nitrogen and oxygen atoms in total. The predicted molar refractivity (Wildman–Crippen MR) is 344 cm³/mol. The van der Waals surface area contributed by atoms with Crippen molar-refractivity contribution >= 4 is 77.0 Å². The van der Waals surface area contributed by atoms with Crippen LogP contribution in [0.4, 0.5) is 0 Å². The zero-order valence-corrected chi connectivity index (χ0v) is 53.1. The molecule has 4 aliphatic heterocycles. The van der Waals surface area contributed by atoms with Crippen LogP contribution in [0.3, 0.4) is 0 Å². The maximum Gasteiger partial charge on any atom is 0.326 e. The average Bonchev–Trinajstić information content (AvgIpc) is 1.49. The van der Waals surface area contributed by atoms with Gasteiger partial charge in [0.1, 0.15) is 48.3 Å². The van der Waals surface area contributed by atoms with Gasteiger partial charge in [0.25, 0.3) is 0 Å². The summed E-state index contributed by atoms with van der Waals surface area (Å²) in [5, 5.41) is 42.8. The van der Waals surface area contributed by atoms with Crippen molar-refractivity contribution in [3.63, 3.8) is 0 Å². The van der Waals surface area contributed by atoms with E-state index in [1.807, 2.05) is 6.07 Å². The van der Waals surface area contributed by atoms with Gasteiger partial charge in [-0.05, 0) is 93.2 Å². The minimum Gasteiger partial charge on any atom is -0.480 e. The Morgan fingerprint density at radius 3 is 1.85 bits per heavy atom. The van der Waals surface area contributed by atoms with Crippen LogP contribution in [0, 0.1) is 5.92 Å². The minimum absolute atomic E-state index is 0.00181. The Hall–Kier alpha value is -9.17. The molecule has 9 amide bonds. The standard InChI is InChI=1S/C62H93N19O13/c1-77(56(90)49-30-39(83)32-80(49)57(91)46-22-12-26-78(46)54(88)41(19-10-24-71-61(66)67)74-51(85)40(63)18-9-23-70-60(64)65)33-50(84)73-43(27-35-13-3-2-4-14-35)52(86)76-44(34-82)55(89)79-31-38-17-6-5-15-36(38)28-48(79)58(92)81-45-21-8-7-16-37(45)29-47(81)53(87)75-42(59(93)94)20-11-25-72-62(68)69/h2-6,13-15,17,37,39-49,82-83H,7-12,16,18-34,63H2,1H3,(H,73,84)(H,74,85)(H,75,87)(H,76,86)(H,93,94)(H4,64,65,70)(H4,66,67,71)(H4,68,69,72)/t37-,39+,40+,41-,42-,43-,44-,45-,46-,47-,48+,49-/m0/s1. The fourth-order valence-corrected chi connectivity index (χ4v) is 13.4. The monoisotopic (exact) mass is 1310 g/mol. The summed E-state index contributed by atoms with van der Waals surface area (Å²) in [5.74, 6) is -8.23. The first kappa shape index (κ1) is 72.3. The number of carbonyl (C=O) groups is 10. The van der Waals surface area contributed by atoms with Gasteiger partial charge in [-0.3, -0.25) is 58.1 Å². The van der Waals surface area contributed by atoms with Crippen molar-refractivity contribution in [2.75, 3.05) is 52.9 Å². The number of carboxylic acids is 1.